The number of hydrogen-bond acceptors (Lipinski definition) is 0. The molecule has 3 aliphatic rings. The number of allylic oxidation sites excluding steroid dienone is 6. The van der Waals surface area contributed by atoms with E-state index in [1.807, 2.05) is 0 Å². The van der Waals surface area contributed by atoms with Crippen molar-refractivity contribution in [3.63, 3.8) is 0 Å². The van der Waals surface area contributed by atoms with Crippen molar-refractivity contribution in [2.24, 2.45) is 5.92 Å². The summed E-state index contributed by atoms with van der Waals surface area (Å²) >= 11 is 0. The maximum Gasteiger partial charge on any atom is 0.00237 e. The van der Waals surface area contributed by atoms with Gasteiger partial charge in [0, 0.05) is 5.92 Å². The van der Waals surface area contributed by atoms with Gasteiger partial charge in [-0.1, -0.05) is 23.8 Å². The van der Waals surface area contributed by atoms with E-state index in [0.29, 0.717) is 0 Å². The lowest BCUT2D eigenvalue weighted by atomic mass is 9.89. The van der Waals surface area contributed by atoms with Crippen LogP contribution in [0.15, 0.2) is 34.9 Å². The standard InChI is InChI=1S/C12H14/c1-2-7-11-9(4-1)5-3-6-10-8-12(10)11/h3,5-6,10H,1-2,4,7-8H2. The molecule has 0 heterocycles. The summed E-state index contributed by atoms with van der Waals surface area (Å²) in [6, 6.07) is 0. The first-order chi connectivity index (χ1) is 5.95. The predicted molar refractivity (Wildman–Crippen MR) is 50.8 cm³/mol. The van der Waals surface area contributed by atoms with E-state index in [1.54, 1.807) is 16.7 Å². The minimum absolute atomic E-state index is 0.840. The fraction of sp³-hybridized carbons (Fsp3) is 0.500. The summed E-state index contributed by atoms with van der Waals surface area (Å²) in [6.07, 6.45) is 13.9. The quantitative estimate of drug-likeness (QED) is 0.507. The molecule has 3 aliphatic carbocycles. The molecule has 12 heavy (non-hydrogen) atoms. The molecule has 0 radical (unpaired) electrons. The van der Waals surface area contributed by atoms with Gasteiger partial charge in [0.05, 0.1) is 0 Å². The summed E-state index contributed by atoms with van der Waals surface area (Å²) in [5.74, 6) is 0.840. The Kier molecular flexibility index (Phi) is 1.31. The second-order valence-electron chi connectivity index (χ2n) is 4.10. The van der Waals surface area contributed by atoms with Crippen molar-refractivity contribution in [3.05, 3.63) is 34.9 Å². The first-order valence-corrected chi connectivity index (χ1v) is 5.05. The third-order valence-corrected chi connectivity index (χ3v) is 3.27. The summed E-state index contributed by atoms with van der Waals surface area (Å²) in [7, 11) is 0. The van der Waals surface area contributed by atoms with E-state index in [-0.39, 0.29) is 0 Å². The normalized spacial score (nSPS) is 32.0. The summed E-state index contributed by atoms with van der Waals surface area (Å²) < 4.78 is 0. The average Bonchev–Trinajstić information content (AvgIpc) is 2.82. The zero-order valence-electron chi connectivity index (χ0n) is 7.34. The molecule has 0 aromatic rings. The first kappa shape index (κ1) is 6.71. The molecule has 0 heteroatoms. The maximum atomic E-state index is 2.37. The minimum Gasteiger partial charge on any atom is -0.0770 e. The van der Waals surface area contributed by atoms with Gasteiger partial charge in [-0.3, -0.25) is 0 Å². The fourth-order valence-electron chi connectivity index (χ4n) is 2.49. The number of hydrogen-bond donors (Lipinski definition) is 0. The highest BCUT2D eigenvalue weighted by Crippen LogP contribution is 2.48. The molecule has 0 spiro atoms. The van der Waals surface area contributed by atoms with Crippen LogP contribution in [-0.4, -0.2) is 0 Å². The molecule has 0 aromatic heterocycles. The van der Waals surface area contributed by atoms with E-state index in [4.69, 9.17) is 0 Å². The predicted octanol–water partition coefficient (Wildman–Crippen LogP) is 3.37. The third-order valence-electron chi connectivity index (χ3n) is 3.27. The Hall–Kier alpha value is -0.780. The van der Waals surface area contributed by atoms with Crippen molar-refractivity contribution in [2.45, 2.75) is 32.1 Å². The lowest BCUT2D eigenvalue weighted by Gasteiger charge is -2.17. The summed E-state index contributed by atoms with van der Waals surface area (Å²) in [5.41, 5.74) is 5.14. The highest BCUT2D eigenvalue weighted by molar-refractivity contribution is 5.49. The van der Waals surface area contributed by atoms with Gasteiger partial charge in [-0.2, -0.15) is 0 Å². The van der Waals surface area contributed by atoms with Crippen LogP contribution in [0.4, 0.5) is 0 Å². The van der Waals surface area contributed by atoms with Crippen LogP contribution >= 0.6 is 0 Å². The second kappa shape index (κ2) is 2.35. The van der Waals surface area contributed by atoms with Crippen LogP contribution in [0.5, 0.6) is 0 Å². The van der Waals surface area contributed by atoms with Gasteiger partial charge in [0.2, 0.25) is 0 Å². The molecule has 0 aromatic carbocycles. The third kappa shape index (κ3) is 0.906. The lowest BCUT2D eigenvalue weighted by molar-refractivity contribution is 0.677. The van der Waals surface area contributed by atoms with E-state index in [0.717, 1.165) is 5.92 Å². The monoisotopic (exact) mass is 158 g/mol. The highest BCUT2D eigenvalue weighted by atomic mass is 14.4. The van der Waals surface area contributed by atoms with Gasteiger partial charge in [-0.05, 0) is 43.3 Å². The molecule has 0 aliphatic heterocycles. The Labute approximate surface area is 73.7 Å². The lowest BCUT2D eigenvalue weighted by Crippen LogP contribution is -1.98. The molecule has 0 bridgehead atoms. The average molecular weight is 158 g/mol. The van der Waals surface area contributed by atoms with Crippen molar-refractivity contribution in [1.29, 1.82) is 0 Å². The number of rotatable bonds is 0. The Balaban J connectivity index is 2.06. The van der Waals surface area contributed by atoms with Crippen LogP contribution in [0.1, 0.15) is 32.1 Å². The fourth-order valence-corrected chi connectivity index (χ4v) is 2.49. The minimum atomic E-state index is 0.840. The van der Waals surface area contributed by atoms with Crippen molar-refractivity contribution in [2.75, 3.05) is 0 Å². The Morgan fingerprint density at radius 3 is 3.08 bits per heavy atom. The van der Waals surface area contributed by atoms with Gasteiger partial charge >= 0.3 is 0 Å². The largest absolute Gasteiger partial charge is 0.0770 e. The van der Waals surface area contributed by atoms with Crippen LogP contribution < -0.4 is 0 Å². The number of fused-ring (bicyclic) bond motifs is 2. The van der Waals surface area contributed by atoms with Gasteiger partial charge in [0.15, 0.2) is 0 Å². The van der Waals surface area contributed by atoms with Crippen LogP contribution in [0.2, 0.25) is 0 Å². The molecule has 0 saturated heterocycles. The second-order valence-corrected chi connectivity index (χ2v) is 4.10. The zero-order chi connectivity index (χ0) is 7.97. The molecule has 2 saturated carbocycles. The van der Waals surface area contributed by atoms with E-state index in [9.17, 15) is 0 Å². The smallest absolute Gasteiger partial charge is 0.00237 e. The molecule has 3 rings (SSSR count). The van der Waals surface area contributed by atoms with E-state index >= 15 is 0 Å². The topological polar surface area (TPSA) is 0 Å². The van der Waals surface area contributed by atoms with Crippen molar-refractivity contribution >= 4 is 0 Å². The van der Waals surface area contributed by atoms with E-state index in [2.05, 4.69) is 18.2 Å². The van der Waals surface area contributed by atoms with Crippen LogP contribution in [0, 0.1) is 5.92 Å². The van der Waals surface area contributed by atoms with Crippen LogP contribution in [-0.2, 0) is 0 Å². The van der Waals surface area contributed by atoms with Gasteiger partial charge < -0.3 is 0 Å². The Morgan fingerprint density at radius 1 is 1.17 bits per heavy atom. The summed E-state index contributed by atoms with van der Waals surface area (Å²) in [4.78, 5) is 0. The first-order valence-electron chi connectivity index (χ1n) is 5.05. The molecule has 62 valence electrons. The van der Waals surface area contributed by atoms with Gasteiger partial charge in [0.1, 0.15) is 0 Å². The molecule has 1 unspecified atom stereocenters. The van der Waals surface area contributed by atoms with Crippen LogP contribution in [0.3, 0.4) is 0 Å². The van der Waals surface area contributed by atoms with E-state index < -0.39 is 0 Å². The van der Waals surface area contributed by atoms with Gasteiger partial charge in [-0.15, -0.1) is 0 Å². The van der Waals surface area contributed by atoms with Gasteiger partial charge in [0.25, 0.3) is 0 Å². The Morgan fingerprint density at radius 2 is 2.08 bits per heavy atom. The van der Waals surface area contributed by atoms with Crippen molar-refractivity contribution in [1.82, 2.24) is 0 Å². The van der Waals surface area contributed by atoms with Gasteiger partial charge in [-0.25, -0.2) is 0 Å². The van der Waals surface area contributed by atoms with Crippen molar-refractivity contribution < 1.29 is 0 Å². The van der Waals surface area contributed by atoms with Crippen molar-refractivity contribution in [3.8, 4) is 0 Å². The van der Waals surface area contributed by atoms with Crippen LogP contribution in [0.25, 0.3) is 0 Å². The molecule has 0 nitrogen and oxygen atoms in total. The zero-order valence-corrected chi connectivity index (χ0v) is 7.34. The maximum absolute atomic E-state index is 2.37. The molecular weight excluding hydrogens is 144 g/mol. The molecule has 0 N–H and O–H groups in total. The summed E-state index contributed by atoms with van der Waals surface area (Å²) in [5, 5.41) is 0. The SMILES string of the molecule is C1=CC2CC2=C2CCCCC2=C1. The molecule has 1 atom stereocenters. The molecular formula is C12H14. The summed E-state index contributed by atoms with van der Waals surface area (Å²) in [6.45, 7) is 0. The molecule has 2 fully saturated rings. The van der Waals surface area contributed by atoms with E-state index in [1.165, 1.54) is 32.1 Å². The highest BCUT2D eigenvalue weighted by Gasteiger charge is 2.32. The Bertz CT molecular complexity index is 302. The molecule has 0 amide bonds.